The molecule has 0 spiro atoms. The number of phenols is 1. The fourth-order valence-electron chi connectivity index (χ4n) is 1.79. The van der Waals surface area contributed by atoms with E-state index in [1.165, 1.54) is 18.2 Å². The smallest absolute Gasteiger partial charge is 0.329 e. The number of hydrogen-bond donors (Lipinski definition) is 2. The molecule has 1 aliphatic rings. The summed E-state index contributed by atoms with van der Waals surface area (Å²) in [6.07, 6.45) is 1.46. The molecule has 0 aliphatic carbocycles. The minimum atomic E-state index is -0.668. The molecule has 0 unspecified atom stereocenters. The van der Waals surface area contributed by atoms with Crippen molar-refractivity contribution in [3.05, 3.63) is 35.5 Å². The summed E-state index contributed by atoms with van der Waals surface area (Å²) < 4.78 is 4.71. The van der Waals surface area contributed by atoms with Gasteiger partial charge in [0.25, 0.3) is 5.91 Å². The van der Waals surface area contributed by atoms with Crippen LogP contribution < -0.4 is 5.32 Å². The van der Waals surface area contributed by atoms with Gasteiger partial charge in [0.2, 0.25) is 0 Å². The van der Waals surface area contributed by atoms with Crippen LogP contribution in [0.15, 0.2) is 30.0 Å². The highest BCUT2D eigenvalue weighted by molar-refractivity contribution is 6.15. The predicted molar refractivity (Wildman–Crippen MR) is 73.0 cm³/mol. The van der Waals surface area contributed by atoms with Crippen LogP contribution in [0.4, 0.5) is 4.79 Å². The van der Waals surface area contributed by atoms with Crippen LogP contribution in [-0.4, -0.2) is 41.1 Å². The number of hydrogen-bond acceptors (Lipinski definition) is 5. The van der Waals surface area contributed by atoms with Crippen LogP contribution in [0.3, 0.4) is 0 Å². The molecule has 2 rings (SSSR count). The number of carbonyl (C=O) groups is 3. The molecule has 1 aliphatic heterocycles. The monoisotopic (exact) mass is 290 g/mol. The van der Waals surface area contributed by atoms with E-state index in [1.54, 1.807) is 19.1 Å². The molecule has 0 saturated carbocycles. The number of carbonyl (C=O) groups excluding carboxylic acids is 3. The van der Waals surface area contributed by atoms with Crippen LogP contribution in [0.1, 0.15) is 12.5 Å². The fourth-order valence-corrected chi connectivity index (χ4v) is 1.79. The summed E-state index contributed by atoms with van der Waals surface area (Å²) in [5.41, 5.74) is 0.699. The lowest BCUT2D eigenvalue weighted by atomic mass is 10.2. The molecule has 0 radical (unpaired) electrons. The number of benzene rings is 1. The molecule has 1 fully saturated rings. The van der Waals surface area contributed by atoms with Crippen LogP contribution in [0.5, 0.6) is 5.75 Å². The number of ether oxygens (including phenoxy) is 1. The third-order valence-electron chi connectivity index (χ3n) is 2.76. The van der Waals surface area contributed by atoms with Crippen molar-refractivity contribution >= 4 is 24.0 Å². The third-order valence-corrected chi connectivity index (χ3v) is 2.76. The van der Waals surface area contributed by atoms with E-state index in [0.717, 1.165) is 4.90 Å². The Morgan fingerprint density at radius 3 is 2.62 bits per heavy atom. The standard InChI is InChI=1S/C14H14N2O5/c1-2-21-12(18)8-16-13(19)11(15-14(16)20)7-9-3-5-10(17)6-4-9/h3-7,17H,2,8H2,1H3,(H,15,20)/b11-7-. The second-order valence-electron chi connectivity index (χ2n) is 4.28. The summed E-state index contributed by atoms with van der Waals surface area (Å²) in [6.45, 7) is 1.39. The van der Waals surface area contributed by atoms with E-state index >= 15 is 0 Å². The van der Waals surface area contributed by atoms with Gasteiger partial charge in [0.15, 0.2) is 0 Å². The van der Waals surface area contributed by atoms with Gasteiger partial charge in [0, 0.05) is 0 Å². The van der Waals surface area contributed by atoms with Gasteiger partial charge in [0.05, 0.1) is 6.61 Å². The van der Waals surface area contributed by atoms with Crippen LogP contribution in [0, 0.1) is 0 Å². The summed E-state index contributed by atoms with van der Waals surface area (Å²) in [6, 6.07) is 5.44. The number of amides is 3. The lowest BCUT2D eigenvalue weighted by Crippen LogP contribution is -2.36. The highest BCUT2D eigenvalue weighted by Gasteiger charge is 2.35. The van der Waals surface area contributed by atoms with E-state index in [9.17, 15) is 19.5 Å². The minimum Gasteiger partial charge on any atom is -0.508 e. The Labute approximate surface area is 120 Å². The fraction of sp³-hybridized carbons (Fsp3) is 0.214. The number of nitrogens with zero attached hydrogens (tertiary/aromatic N) is 1. The largest absolute Gasteiger partial charge is 0.508 e. The number of imide groups is 1. The molecule has 0 aromatic heterocycles. The van der Waals surface area contributed by atoms with E-state index < -0.39 is 24.5 Å². The van der Waals surface area contributed by atoms with Crippen molar-refractivity contribution in [1.82, 2.24) is 10.2 Å². The molecule has 0 bridgehead atoms. The molecule has 1 heterocycles. The zero-order valence-electron chi connectivity index (χ0n) is 11.3. The maximum absolute atomic E-state index is 12.0. The average Bonchev–Trinajstić information content (AvgIpc) is 2.69. The zero-order valence-corrected chi connectivity index (χ0v) is 11.3. The average molecular weight is 290 g/mol. The minimum absolute atomic E-state index is 0.0648. The molecule has 3 amide bonds. The molecule has 1 saturated heterocycles. The van der Waals surface area contributed by atoms with Gasteiger partial charge in [-0.05, 0) is 30.7 Å². The van der Waals surface area contributed by atoms with Crippen molar-refractivity contribution in [3.8, 4) is 5.75 Å². The topological polar surface area (TPSA) is 95.9 Å². The van der Waals surface area contributed by atoms with Crippen LogP contribution in [0.2, 0.25) is 0 Å². The Morgan fingerprint density at radius 1 is 1.33 bits per heavy atom. The highest BCUT2D eigenvalue weighted by atomic mass is 16.5. The molecular weight excluding hydrogens is 276 g/mol. The summed E-state index contributed by atoms with van der Waals surface area (Å²) in [5, 5.41) is 11.6. The second kappa shape index (κ2) is 6.08. The maximum Gasteiger partial charge on any atom is 0.329 e. The first kappa shape index (κ1) is 14.6. The predicted octanol–water partition coefficient (Wildman–Crippen LogP) is 0.848. The lowest BCUT2D eigenvalue weighted by molar-refractivity contribution is -0.145. The summed E-state index contributed by atoms with van der Waals surface area (Å²) in [4.78, 5) is 35.9. The second-order valence-corrected chi connectivity index (χ2v) is 4.28. The van der Waals surface area contributed by atoms with E-state index in [1.807, 2.05) is 0 Å². The molecule has 7 heteroatoms. The van der Waals surface area contributed by atoms with Crippen molar-refractivity contribution in [2.75, 3.05) is 13.2 Å². The quantitative estimate of drug-likeness (QED) is 0.487. The normalized spacial score (nSPS) is 16.2. The Bertz CT molecular complexity index is 606. The van der Waals surface area contributed by atoms with Crippen LogP contribution in [0.25, 0.3) is 6.08 Å². The molecule has 110 valence electrons. The summed E-state index contributed by atoms with van der Waals surface area (Å²) in [7, 11) is 0. The van der Waals surface area contributed by atoms with Crippen molar-refractivity contribution in [3.63, 3.8) is 0 Å². The van der Waals surface area contributed by atoms with E-state index in [2.05, 4.69) is 5.32 Å². The van der Waals surface area contributed by atoms with Gasteiger partial charge in [-0.2, -0.15) is 0 Å². The Kier molecular flexibility index (Phi) is 4.22. The number of aromatic hydroxyl groups is 1. The van der Waals surface area contributed by atoms with Gasteiger partial charge in [0.1, 0.15) is 18.0 Å². The summed E-state index contributed by atoms with van der Waals surface area (Å²) >= 11 is 0. The molecule has 7 nitrogen and oxygen atoms in total. The van der Waals surface area contributed by atoms with Crippen molar-refractivity contribution in [1.29, 1.82) is 0 Å². The molecule has 21 heavy (non-hydrogen) atoms. The first-order valence-electron chi connectivity index (χ1n) is 6.30. The van der Waals surface area contributed by atoms with Crippen LogP contribution >= 0.6 is 0 Å². The first-order valence-corrected chi connectivity index (χ1v) is 6.30. The van der Waals surface area contributed by atoms with Crippen molar-refractivity contribution in [2.24, 2.45) is 0 Å². The Balaban J connectivity index is 2.13. The highest BCUT2D eigenvalue weighted by Crippen LogP contribution is 2.16. The Morgan fingerprint density at radius 2 is 2.00 bits per heavy atom. The van der Waals surface area contributed by atoms with Gasteiger partial charge >= 0.3 is 12.0 Å². The number of phenolic OH excluding ortho intramolecular Hbond substituents is 1. The molecule has 2 N–H and O–H groups in total. The van der Waals surface area contributed by atoms with Crippen LogP contribution in [-0.2, 0) is 14.3 Å². The zero-order chi connectivity index (χ0) is 15.4. The number of rotatable bonds is 4. The molecule has 1 aromatic carbocycles. The van der Waals surface area contributed by atoms with Gasteiger partial charge in [-0.15, -0.1) is 0 Å². The SMILES string of the molecule is CCOC(=O)CN1C(=O)N/C(=C\c2ccc(O)cc2)C1=O. The Hall–Kier alpha value is -2.83. The summed E-state index contributed by atoms with van der Waals surface area (Å²) in [5.74, 6) is -1.14. The lowest BCUT2D eigenvalue weighted by Gasteiger charge is -2.10. The van der Waals surface area contributed by atoms with Gasteiger partial charge in [-0.25, -0.2) is 9.69 Å². The van der Waals surface area contributed by atoms with Gasteiger partial charge in [-0.1, -0.05) is 12.1 Å². The number of urea groups is 1. The number of nitrogens with one attached hydrogen (secondary N) is 1. The number of esters is 1. The van der Waals surface area contributed by atoms with Gasteiger partial charge in [-0.3, -0.25) is 9.59 Å². The van der Waals surface area contributed by atoms with E-state index in [4.69, 9.17) is 4.74 Å². The molecule has 1 aromatic rings. The maximum atomic E-state index is 12.0. The van der Waals surface area contributed by atoms with Crippen molar-refractivity contribution < 1.29 is 24.2 Å². The molecular formula is C14H14N2O5. The van der Waals surface area contributed by atoms with E-state index in [0.29, 0.717) is 5.56 Å². The third kappa shape index (κ3) is 3.38. The first-order chi connectivity index (χ1) is 10.0. The van der Waals surface area contributed by atoms with Crippen molar-refractivity contribution in [2.45, 2.75) is 6.92 Å². The van der Waals surface area contributed by atoms with Gasteiger partial charge < -0.3 is 15.2 Å². The molecule has 0 atom stereocenters. The van der Waals surface area contributed by atoms with E-state index in [-0.39, 0.29) is 18.1 Å².